The highest BCUT2D eigenvalue weighted by molar-refractivity contribution is 8.00. The molecular formula is C21H26N2O2S. The van der Waals surface area contributed by atoms with Gasteiger partial charge in [-0.15, -0.1) is 11.8 Å². The van der Waals surface area contributed by atoms with Gasteiger partial charge in [-0.25, -0.2) is 0 Å². The monoisotopic (exact) mass is 370 g/mol. The van der Waals surface area contributed by atoms with Gasteiger partial charge in [-0.05, 0) is 50.6 Å². The molecule has 1 unspecified atom stereocenters. The van der Waals surface area contributed by atoms with E-state index in [9.17, 15) is 9.59 Å². The average molecular weight is 371 g/mol. The Morgan fingerprint density at radius 3 is 2.19 bits per heavy atom. The van der Waals surface area contributed by atoms with E-state index in [0.717, 1.165) is 29.2 Å². The lowest BCUT2D eigenvalue weighted by Gasteiger charge is -2.18. The molecule has 2 aromatic carbocycles. The van der Waals surface area contributed by atoms with E-state index in [-0.39, 0.29) is 17.1 Å². The summed E-state index contributed by atoms with van der Waals surface area (Å²) < 4.78 is 0. The van der Waals surface area contributed by atoms with E-state index in [4.69, 9.17) is 0 Å². The Labute approximate surface area is 160 Å². The molecule has 0 aromatic heterocycles. The number of rotatable bonds is 8. The van der Waals surface area contributed by atoms with E-state index >= 15 is 0 Å². The molecule has 0 aliphatic heterocycles. The molecule has 2 aromatic rings. The van der Waals surface area contributed by atoms with Crippen molar-refractivity contribution in [2.45, 2.75) is 37.3 Å². The Balaban J connectivity index is 1.90. The first-order valence-electron chi connectivity index (χ1n) is 8.92. The maximum atomic E-state index is 12.4. The number of hydrogen-bond acceptors (Lipinski definition) is 3. The molecule has 2 rings (SSSR count). The Bertz CT molecular complexity index is 713. The van der Waals surface area contributed by atoms with Crippen LogP contribution < -0.4 is 5.32 Å². The Morgan fingerprint density at radius 1 is 1.00 bits per heavy atom. The van der Waals surface area contributed by atoms with Crippen LogP contribution in [0.4, 0.5) is 5.69 Å². The second-order valence-electron chi connectivity index (χ2n) is 6.00. The van der Waals surface area contributed by atoms with E-state index < -0.39 is 0 Å². The predicted molar refractivity (Wildman–Crippen MR) is 108 cm³/mol. The van der Waals surface area contributed by atoms with Crippen molar-refractivity contribution < 1.29 is 9.59 Å². The molecule has 0 saturated heterocycles. The third-order valence-corrected chi connectivity index (χ3v) is 5.23. The molecule has 0 radical (unpaired) electrons. The van der Waals surface area contributed by atoms with Crippen LogP contribution in [0.2, 0.25) is 0 Å². The van der Waals surface area contributed by atoms with Crippen molar-refractivity contribution in [1.29, 1.82) is 0 Å². The third-order valence-electron chi connectivity index (χ3n) is 4.12. The minimum absolute atomic E-state index is 0.0363. The van der Waals surface area contributed by atoms with Crippen LogP contribution >= 0.6 is 11.8 Å². The average Bonchev–Trinajstić information content (AvgIpc) is 2.65. The molecule has 1 N–H and O–H groups in total. The van der Waals surface area contributed by atoms with Crippen molar-refractivity contribution in [2.24, 2.45) is 0 Å². The van der Waals surface area contributed by atoms with Crippen molar-refractivity contribution in [3.8, 4) is 0 Å². The summed E-state index contributed by atoms with van der Waals surface area (Å²) in [7, 11) is 0. The second kappa shape index (κ2) is 10.0. The number of amides is 2. The van der Waals surface area contributed by atoms with Crippen LogP contribution in [0.25, 0.3) is 0 Å². The van der Waals surface area contributed by atoms with Gasteiger partial charge in [-0.1, -0.05) is 30.3 Å². The summed E-state index contributed by atoms with van der Waals surface area (Å²) in [6.45, 7) is 7.30. The first-order chi connectivity index (χ1) is 12.5. The summed E-state index contributed by atoms with van der Waals surface area (Å²) in [6.07, 6.45) is 0.385. The number of anilines is 1. The molecule has 1 atom stereocenters. The topological polar surface area (TPSA) is 49.4 Å². The molecule has 0 spiro atoms. The highest BCUT2D eigenvalue weighted by atomic mass is 32.2. The third kappa shape index (κ3) is 5.92. The molecule has 138 valence electrons. The standard InChI is InChI=1S/C21H26N2O2S/c1-4-23(5-2)20(24)15-17-11-13-18(14-12-17)22-21(25)16(3)26-19-9-7-6-8-10-19/h6-14,16H,4-5,15H2,1-3H3,(H,22,25). The lowest BCUT2D eigenvalue weighted by atomic mass is 10.1. The lowest BCUT2D eigenvalue weighted by Crippen LogP contribution is -2.31. The molecule has 2 amide bonds. The number of carbonyl (C=O) groups excluding carboxylic acids is 2. The Kier molecular flexibility index (Phi) is 7.73. The maximum absolute atomic E-state index is 12.4. The molecular weight excluding hydrogens is 344 g/mol. The summed E-state index contributed by atoms with van der Waals surface area (Å²) in [4.78, 5) is 27.4. The molecule has 0 heterocycles. The SMILES string of the molecule is CCN(CC)C(=O)Cc1ccc(NC(=O)C(C)Sc2ccccc2)cc1. The number of benzene rings is 2. The summed E-state index contributed by atoms with van der Waals surface area (Å²) in [5.41, 5.74) is 1.70. The van der Waals surface area contributed by atoms with Gasteiger partial charge in [0.15, 0.2) is 0 Å². The summed E-state index contributed by atoms with van der Waals surface area (Å²) >= 11 is 1.53. The van der Waals surface area contributed by atoms with Crippen LogP contribution in [0.5, 0.6) is 0 Å². The minimum Gasteiger partial charge on any atom is -0.343 e. The van der Waals surface area contributed by atoms with Gasteiger partial charge in [0.2, 0.25) is 11.8 Å². The summed E-state index contributed by atoms with van der Waals surface area (Å²) in [5.74, 6) is 0.0884. The molecule has 0 aliphatic rings. The zero-order chi connectivity index (χ0) is 18.9. The summed E-state index contributed by atoms with van der Waals surface area (Å²) in [5, 5.41) is 2.74. The quantitative estimate of drug-likeness (QED) is 0.708. The van der Waals surface area contributed by atoms with Gasteiger partial charge in [-0.2, -0.15) is 0 Å². The molecule has 0 fully saturated rings. The normalized spacial score (nSPS) is 11.7. The minimum atomic E-state index is -0.193. The van der Waals surface area contributed by atoms with Crippen LogP contribution in [-0.2, 0) is 16.0 Å². The Hall–Kier alpha value is -2.27. The fraction of sp³-hybridized carbons (Fsp3) is 0.333. The second-order valence-corrected chi connectivity index (χ2v) is 7.42. The number of likely N-dealkylation sites (N-methyl/N-ethyl adjacent to an activating group) is 1. The molecule has 0 bridgehead atoms. The van der Waals surface area contributed by atoms with Crippen molar-refractivity contribution in [1.82, 2.24) is 4.90 Å². The fourth-order valence-electron chi connectivity index (χ4n) is 2.57. The largest absolute Gasteiger partial charge is 0.343 e. The van der Waals surface area contributed by atoms with Crippen LogP contribution in [0.15, 0.2) is 59.5 Å². The lowest BCUT2D eigenvalue weighted by molar-refractivity contribution is -0.130. The van der Waals surface area contributed by atoms with E-state index in [2.05, 4.69) is 5.32 Å². The van der Waals surface area contributed by atoms with Gasteiger partial charge in [0.25, 0.3) is 0 Å². The zero-order valence-corrected chi connectivity index (χ0v) is 16.4. The predicted octanol–water partition coefficient (Wildman–Crippen LogP) is 4.22. The molecule has 26 heavy (non-hydrogen) atoms. The molecule has 5 heteroatoms. The first-order valence-corrected chi connectivity index (χ1v) is 9.80. The van der Waals surface area contributed by atoms with Crippen LogP contribution in [0.3, 0.4) is 0 Å². The summed E-state index contributed by atoms with van der Waals surface area (Å²) in [6, 6.07) is 17.4. The van der Waals surface area contributed by atoms with Crippen molar-refractivity contribution in [2.75, 3.05) is 18.4 Å². The van der Waals surface area contributed by atoms with Gasteiger partial charge in [0.1, 0.15) is 0 Å². The number of nitrogens with one attached hydrogen (secondary N) is 1. The first kappa shape index (κ1) is 20.0. The van der Waals surface area contributed by atoms with Gasteiger partial charge in [-0.3, -0.25) is 9.59 Å². The van der Waals surface area contributed by atoms with Crippen molar-refractivity contribution in [3.63, 3.8) is 0 Å². The van der Waals surface area contributed by atoms with Gasteiger partial charge < -0.3 is 10.2 Å². The van der Waals surface area contributed by atoms with Gasteiger partial charge >= 0.3 is 0 Å². The Morgan fingerprint density at radius 2 is 1.62 bits per heavy atom. The van der Waals surface area contributed by atoms with Crippen molar-refractivity contribution >= 4 is 29.3 Å². The molecule has 4 nitrogen and oxygen atoms in total. The van der Waals surface area contributed by atoms with Gasteiger partial charge in [0.05, 0.1) is 11.7 Å². The number of hydrogen-bond donors (Lipinski definition) is 1. The smallest absolute Gasteiger partial charge is 0.237 e. The van der Waals surface area contributed by atoms with Crippen LogP contribution in [0.1, 0.15) is 26.3 Å². The number of nitrogens with zero attached hydrogens (tertiary/aromatic N) is 1. The van der Waals surface area contributed by atoms with Crippen molar-refractivity contribution in [3.05, 3.63) is 60.2 Å². The number of thioether (sulfide) groups is 1. The fourth-order valence-corrected chi connectivity index (χ4v) is 3.46. The highest BCUT2D eigenvalue weighted by Crippen LogP contribution is 2.23. The van der Waals surface area contributed by atoms with E-state index in [0.29, 0.717) is 6.42 Å². The highest BCUT2D eigenvalue weighted by Gasteiger charge is 2.15. The van der Waals surface area contributed by atoms with Crippen LogP contribution in [0, 0.1) is 0 Å². The van der Waals surface area contributed by atoms with E-state index in [1.165, 1.54) is 11.8 Å². The molecule has 0 aliphatic carbocycles. The van der Waals surface area contributed by atoms with Crippen LogP contribution in [-0.4, -0.2) is 35.1 Å². The number of carbonyl (C=O) groups is 2. The molecule has 0 saturated carbocycles. The van der Waals surface area contributed by atoms with E-state index in [1.54, 1.807) is 0 Å². The van der Waals surface area contributed by atoms with Gasteiger partial charge in [0, 0.05) is 23.7 Å². The zero-order valence-electron chi connectivity index (χ0n) is 15.6. The maximum Gasteiger partial charge on any atom is 0.237 e. The van der Waals surface area contributed by atoms with E-state index in [1.807, 2.05) is 80.3 Å².